The minimum absolute atomic E-state index is 0.0322. The van der Waals surface area contributed by atoms with Crippen molar-refractivity contribution in [2.45, 2.75) is 57.5 Å². The van der Waals surface area contributed by atoms with Gasteiger partial charge in [0, 0.05) is 23.7 Å². The fourth-order valence-corrected chi connectivity index (χ4v) is 4.27. The van der Waals surface area contributed by atoms with Crippen LogP contribution in [0.3, 0.4) is 0 Å². The first-order chi connectivity index (χ1) is 19.1. The number of hydrogen-bond donors (Lipinski definition) is 1. The summed E-state index contributed by atoms with van der Waals surface area (Å²) in [7, 11) is 0. The summed E-state index contributed by atoms with van der Waals surface area (Å²) in [6.07, 6.45) is -4.90. The van der Waals surface area contributed by atoms with Crippen LogP contribution >= 0.6 is 0 Å². The lowest BCUT2D eigenvalue weighted by molar-refractivity contribution is -0.142. The minimum Gasteiger partial charge on any atom is -0.489 e. The van der Waals surface area contributed by atoms with Crippen LogP contribution in [0.1, 0.15) is 54.6 Å². The summed E-state index contributed by atoms with van der Waals surface area (Å²) < 4.78 is 85.8. The lowest BCUT2D eigenvalue weighted by atomic mass is 10.00. The molecule has 2 aromatic heterocycles. The van der Waals surface area contributed by atoms with E-state index in [9.17, 15) is 36.8 Å². The van der Waals surface area contributed by atoms with Crippen molar-refractivity contribution in [3.63, 3.8) is 0 Å². The largest absolute Gasteiger partial charge is 0.489 e. The Kier molecular flexibility index (Phi) is 7.84. The van der Waals surface area contributed by atoms with Crippen LogP contribution in [0.5, 0.6) is 5.75 Å². The van der Waals surface area contributed by atoms with Gasteiger partial charge in [-0.05, 0) is 51.5 Å². The fraction of sp³-hybridized carbons (Fsp3) is 0.407. The average Bonchev–Trinajstić information content (AvgIpc) is 3.25. The fourth-order valence-electron chi connectivity index (χ4n) is 4.27. The number of aromatic nitrogens is 1. The normalized spacial score (nSPS) is 17.1. The molecule has 0 bridgehead atoms. The van der Waals surface area contributed by atoms with E-state index in [0.717, 1.165) is 11.1 Å². The maximum absolute atomic E-state index is 15.0. The number of alkyl halides is 5. The molecule has 1 N–H and O–H groups in total. The number of rotatable bonds is 5. The van der Waals surface area contributed by atoms with Crippen molar-refractivity contribution in [2.75, 3.05) is 13.1 Å². The topological polar surface area (TPSA) is 118 Å². The zero-order valence-electron chi connectivity index (χ0n) is 22.1. The molecule has 0 spiro atoms. The summed E-state index contributed by atoms with van der Waals surface area (Å²) in [5, 5.41) is 11.8. The van der Waals surface area contributed by atoms with Crippen molar-refractivity contribution < 1.29 is 45.4 Å². The van der Waals surface area contributed by atoms with Crippen LogP contribution in [0.15, 0.2) is 40.9 Å². The Hall–Kier alpha value is -4.41. The molecule has 3 heterocycles. The Balaban J connectivity index is 1.53. The van der Waals surface area contributed by atoms with Crippen LogP contribution in [-0.2, 0) is 17.5 Å². The van der Waals surface area contributed by atoms with Crippen molar-refractivity contribution >= 4 is 23.0 Å². The standard InChI is InChI=1S/C27H25F5N4O5/c1-25(2,3)41-24(38)36-10-8-20(26(28,29)14-36)35-23(37)21-17-11-16(6-7-18(17)40-19(21)12-33)39-13-15-5-4-9-34-22(15)27(30,31)32/h4-7,9,11,20H,8,10,13-14H2,1-3H3,(H,35,37). The number of nitriles is 1. The first-order valence-corrected chi connectivity index (χ1v) is 12.4. The molecule has 1 aliphatic heterocycles. The predicted molar refractivity (Wildman–Crippen MR) is 133 cm³/mol. The monoisotopic (exact) mass is 580 g/mol. The van der Waals surface area contributed by atoms with Crippen molar-refractivity contribution in [3.05, 3.63) is 59.1 Å². The molecule has 1 aromatic carbocycles. The number of likely N-dealkylation sites (tertiary alicyclic amines) is 1. The van der Waals surface area contributed by atoms with E-state index in [1.54, 1.807) is 26.8 Å². The van der Waals surface area contributed by atoms with Crippen LogP contribution < -0.4 is 10.1 Å². The zero-order chi connectivity index (χ0) is 30.2. The van der Waals surface area contributed by atoms with Gasteiger partial charge in [-0.2, -0.15) is 18.4 Å². The summed E-state index contributed by atoms with van der Waals surface area (Å²) in [5.74, 6) is -4.97. The number of benzene rings is 1. The van der Waals surface area contributed by atoms with Crippen LogP contribution in [0, 0.1) is 11.3 Å². The quantitative estimate of drug-likeness (QED) is 0.387. The third kappa shape index (κ3) is 6.67. The number of piperidine rings is 1. The summed E-state index contributed by atoms with van der Waals surface area (Å²) in [6.45, 7) is 3.20. The van der Waals surface area contributed by atoms with E-state index >= 15 is 0 Å². The van der Waals surface area contributed by atoms with Crippen LogP contribution in [0.25, 0.3) is 11.0 Å². The van der Waals surface area contributed by atoms with Crippen molar-refractivity contribution in [1.29, 1.82) is 5.26 Å². The first kappa shape index (κ1) is 29.6. The van der Waals surface area contributed by atoms with E-state index in [1.807, 2.05) is 0 Å². The molecule has 3 aromatic rings. The first-order valence-electron chi connectivity index (χ1n) is 12.4. The van der Waals surface area contributed by atoms with Gasteiger partial charge in [0.05, 0.1) is 12.6 Å². The van der Waals surface area contributed by atoms with Gasteiger partial charge in [-0.3, -0.25) is 9.78 Å². The lowest BCUT2D eigenvalue weighted by Crippen LogP contribution is -2.59. The Morgan fingerprint density at radius 1 is 1.24 bits per heavy atom. The molecule has 2 amide bonds. The molecule has 14 heteroatoms. The molecule has 41 heavy (non-hydrogen) atoms. The molecule has 1 saturated heterocycles. The highest BCUT2D eigenvalue weighted by Gasteiger charge is 2.48. The maximum Gasteiger partial charge on any atom is 0.433 e. The number of carbonyl (C=O) groups is 2. The van der Waals surface area contributed by atoms with Gasteiger partial charge in [0.2, 0.25) is 5.76 Å². The van der Waals surface area contributed by atoms with Gasteiger partial charge in [0.1, 0.15) is 35.2 Å². The highest BCUT2D eigenvalue weighted by molar-refractivity contribution is 6.08. The van der Waals surface area contributed by atoms with E-state index in [-0.39, 0.29) is 40.8 Å². The van der Waals surface area contributed by atoms with Crippen LogP contribution in [-0.4, -0.2) is 52.5 Å². The Labute approximate surface area is 230 Å². The molecule has 1 fully saturated rings. The number of pyridine rings is 1. The third-order valence-electron chi connectivity index (χ3n) is 6.10. The lowest BCUT2D eigenvalue weighted by Gasteiger charge is -2.38. The van der Waals surface area contributed by atoms with E-state index in [1.165, 1.54) is 30.3 Å². The number of halogens is 5. The molecular weight excluding hydrogens is 555 g/mol. The molecule has 1 unspecified atom stereocenters. The summed E-state index contributed by atoms with van der Waals surface area (Å²) >= 11 is 0. The van der Waals surface area contributed by atoms with E-state index in [4.69, 9.17) is 13.9 Å². The van der Waals surface area contributed by atoms with Gasteiger partial charge in [-0.1, -0.05) is 6.07 Å². The average molecular weight is 581 g/mol. The van der Waals surface area contributed by atoms with Gasteiger partial charge < -0.3 is 24.1 Å². The SMILES string of the molecule is CC(C)(C)OC(=O)N1CCC(NC(=O)c2c(C#N)oc3ccc(OCc4cccnc4C(F)(F)F)cc23)C(F)(F)C1. The van der Waals surface area contributed by atoms with E-state index in [0.29, 0.717) is 0 Å². The Morgan fingerprint density at radius 2 is 1.98 bits per heavy atom. The number of furan rings is 1. The molecule has 0 saturated carbocycles. The second-order valence-electron chi connectivity index (χ2n) is 10.4. The molecule has 4 rings (SSSR count). The summed E-state index contributed by atoms with van der Waals surface area (Å²) in [5.41, 5.74) is -2.51. The molecule has 9 nitrogen and oxygen atoms in total. The number of ether oxygens (including phenoxy) is 2. The van der Waals surface area contributed by atoms with Gasteiger partial charge in [-0.25, -0.2) is 13.6 Å². The van der Waals surface area contributed by atoms with Gasteiger partial charge >= 0.3 is 12.3 Å². The second kappa shape index (κ2) is 10.9. The summed E-state index contributed by atoms with van der Waals surface area (Å²) in [6, 6.07) is 6.53. The number of carbonyl (C=O) groups excluding carboxylic acids is 2. The molecule has 0 aliphatic carbocycles. The Bertz CT molecular complexity index is 1510. The van der Waals surface area contributed by atoms with Crippen molar-refractivity contribution in [3.8, 4) is 11.8 Å². The number of nitrogens with one attached hydrogen (secondary N) is 1. The van der Waals surface area contributed by atoms with Crippen LogP contribution in [0.2, 0.25) is 0 Å². The van der Waals surface area contributed by atoms with Gasteiger partial charge in [-0.15, -0.1) is 0 Å². The maximum atomic E-state index is 15.0. The highest BCUT2D eigenvalue weighted by Crippen LogP contribution is 2.34. The Morgan fingerprint density at radius 3 is 2.61 bits per heavy atom. The minimum atomic E-state index is -4.70. The molecular formula is C27H25F5N4O5. The number of nitrogens with zero attached hydrogens (tertiary/aromatic N) is 3. The van der Waals surface area contributed by atoms with Crippen molar-refractivity contribution in [1.82, 2.24) is 15.2 Å². The smallest absolute Gasteiger partial charge is 0.433 e. The van der Waals surface area contributed by atoms with Crippen LogP contribution in [0.4, 0.5) is 26.7 Å². The number of hydrogen-bond acceptors (Lipinski definition) is 7. The van der Waals surface area contributed by atoms with E-state index in [2.05, 4.69) is 10.3 Å². The molecule has 1 atom stereocenters. The second-order valence-corrected chi connectivity index (χ2v) is 10.4. The third-order valence-corrected chi connectivity index (χ3v) is 6.10. The van der Waals surface area contributed by atoms with Gasteiger partial charge in [0.15, 0.2) is 5.69 Å². The van der Waals surface area contributed by atoms with Gasteiger partial charge in [0.25, 0.3) is 11.8 Å². The predicted octanol–water partition coefficient (Wildman–Crippen LogP) is 5.67. The highest BCUT2D eigenvalue weighted by atomic mass is 19.4. The number of amides is 2. The number of fused-ring (bicyclic) bond motifs is 1. The zero-order valence-corrected chi connectivity index (χ0v) is 22.1. The summed E-state index contributed by atoms with van der Waals surface area (Å²) in [4.78, 5) is 29.6. The van der Waals surface area contributed by atoms with E-state index < -0.39 is 60.3 Å². The molecule has 1 aliphatic rings. The van der Waals surface area contributed by atoms with Crippen molar-refractivity contribution in [2.24, 2.45) is 0 Å². The molecule has 0 radical (unpaired) electrons. The molecule has 218 valence electrons.